The SMILES string of the molecule is CC(C)[C@H]1CC[C@H](C(=O)N2CCC[C@H]2C#N)N1. The van der Waals surface area contributed by atoms with Crippen molar-refractivity contribution >= 4 is 5.91 Å². The number of nitrogens with zero attached hydrogens (tertiary/aromatic N) is 2. The molecule has 2 rings (SSSR count). The van der Waals surface area contributed by atoms with Crippen LogP contribution in [0.3, 0.4) is 0 Å². The van der Waals surface area contributed by atoms with Crippen molar-refractivity contribution in [2.75, 3.05) is 6.54 Å². The average molecular weight is 235 g/mol. The molecule has 0 bridgehead atoms. The summed E-state index contributed by atoms with van der Waals surface area (Å²) in [6.07, 6.45) is 3.78. The first-order chi connectivity index (χ1) is 8.13. The van der Waals surface area contributed by atoms with Crippen molar-refractivity contribution in [2.45, 2.75) is 57.7 Å². The molecule has 0 saturated carbocycles. The highest BCUT2D eigenvalue weighted by molar-refractivity contribution is 5.83. The van der Waals surface area contributed by atoms with Gasteiger partial charge in [-0.15, -0.1) is 0 Å². The maximum atomic E-state index is 12.3. The van der Waals surface area contributed by atoms with Gasteiger partial charge in [0.05, 0.1) is 12.1 Å². The molecule has 0 spiro atoms. The Bertz CT molecular complexity index is 334. The van der Waals surface area contributed by atoms with Gasteiger partial charge >= 0.3 is 0 Å². The molecule has 0 aromatic heterocycles. The van der Waals surface area contributed by atoms with Crippen LogP contribution in [0.5, 0.6) is 0 Å². The van der Waals surface area contributed by atoms with Crippen molar-refractivity contribution in [3.63, 3.8) is 0 Å². The highest BCUT2D eigenvalue weighted by Crippen LogP contribution is 2.23. The molecule has 2 aliphatic heterocycles. The van der Waals surface area contributed by atoms with Gasteiger partial charge in [-0.2, -0.15) is 5.26 Å². The number of nitriles is 1. The van der Waals surface area contributed by atoms with Gasteiger partial charge in [0.25, 0.3) is 0 Å². The number of amides is 1. The summed E-state index contributed by atoms with van der Waals surface area (Å²) in [5, 5.41) is 12.4. The molecular formula is C13H21N3O. The molecule has 0 radical (unpaired) electrons. The Morgan fingerprint density at radius 1 is 1.41 bits per heavy atom. The standard InChI is InChI=1S/C13H21N3O/c1-9(2)11-5-6-12(15-11)13(17)16-7-3-4-10(16)8-14/h9-12,15H,3-7H2,1-2H3/t10-,11+,12+/m0/s1. The molecule has 2 aliphatic rings. The van der Waals surface area contributed by atoms with Crippen LogP contribution in [-0.2, 0) is 4.79 Å². The van der Waals surface area contributed by atoms with E-state index in [2.05, 4.69) is 25.2 Å². The zero-order chi connectivity index (χ0) is 12.4. The van der Waals surface area contributed by atoms with E-state index in [1.165, 1.54) is 0 Å². The molecule has 3 atom stereocenters. The van der Waals surface area contributed by atoms with Crippen LogP contribution in [0.25, 0.3) is 0 Å². The summed E-state index contributed by atoms with van der Waals surface area (Å²) >= 11 is 0. The number of hydrogen-bond acceptors (Lipinski definition) is 3. The van der Waals surface area contributed by atoms with Crippen LogP contribution in [0, 0.1) is 17.2 Å². The second-order valence-electron chi connectivity index (χ2n) is 5.47. The highest BCUT2D eigenvalue weighted by atomic mass is 16.2. The maximum absolute atomic E-state index is 12.3. The van der Waals surface area contributed by atoms with Crippen LogP contribution >= 0.6 is 0 Å². The smallest absolute Gasteiger partial charge is 0.240 e. The number of carbonyl (C=O) groups excluding carboxylic acids is 1. The highest BCUT2D eigenvalue weighted by Gasteiger charge is 2.37. The molecule has 1 N–H and O–H groups in total. The van der Waals surface area contributed by atoms with Crippen molar-refractivity contribution in [1.82, 2.24) is 10.2 Å². The quantitative estimate of drug-likeness (QED) is 0.784. The maximum Gasteiger partial charge on any atom is 0.240 e. The molecule has 0 aromatic rings. The summed E-state index contributed by atoms with van der Waals surface area (Å²) in [6.45, 7) is 5.11. The van der Waals surface area contributed by atoms with Crippen molar-refractivity contribution in [2.24, 2.45) is 5.92 Å². The molecule has 2 heterocycles. The third-order valence-electron chi connectivity index (χ3n) is 3.97. The van der Waals surface area contributed by atoms with Gasteiger partial charge in [0.15, 0.2) is 0 Å². The van der Waals surface area contributed by atoms with E-state index in [9.17, 15) is 4.79 Å². The summed E-state index contributed by atoms with van der Waals surface area (Å²) in [5.74, 6) is 0.704. The number of likely N-dealkylation sites (tertiary alicyclic amines) is 1. The Labute approximate surface area is 103 Å². The van der Waals surface area contributed by atoms with Crippen LogP contribution in [0.4, 0.5) is 0 Å². The lowest BCUT2D eigenvalue weighted by Crippen LogP contribution is -2.47. The number of nitrogens with one attached hydrogen (secondary N) is 1. The Kier molecular flexibility index (Phi) is 3.68. The van der Waals surface area contributed by atoms with Crippen LogP contribution in [0.15, 0.2) is 0 Å². The third-order valence-corrected chi connectivity index (χ3v) is 3.97. The molecule has 17 heavy (non-hydrogen) atoms. The molecule has 1 amide bonds. The lowest BCUT2D eigenvalue weighted by molar-refractivity contribution is -0.133. The second-order valence-corrected chi connectivity index (χ2v) is 5.47. The number of hydrogen-bond donors (Lipinski definition) is 1. The van der Waals surface area contributed by atoms with Crippen molar-refractivity contribution < 1.29 is 4.79 Å². The molecular weight excluding hydrogens is 214 g/mol. The third kappa shape index (κ3) is 2.44. The molecule has 2 saturated heterocycles. The van der Waals surface area contributed by atoms with Crippen molar-refractivity contribution in [3.05, 3.63) is 0 Å². The fraction of sp³-hybridized carbons (Fsp3) is 0.846. The fourth-order valence-corrected chi connectivity index (χ4v) is 2.86. The Hall–Kier alpha value is -1.08. The average Bonchev–Trinajstić information content (AvgIpc) is 2.96. The van der Waals surface area contributed by atoms with Crippen molar-refractivity contribution in [3.8, 4) is 6.07 Å². The molecule has 4 heteroatoms. The monoisotopic (exact) mass is 235 g/mol. The summed E-state index contributed by atoms with van der Waals surface area (Å²) in [6, 6.07) is 2.43. The normalized spacial score (nSPS) is 33.1. The topological polar surface area (TPSA) is 56.1 Å². The first kappa shape index (κ1) is 12.4. The zero-order valence-electron chi connectivity index (χ0n) is 10.6. The number of carbonyl (C=O) groups is 1. The van der Waals surface area contributed by atoms with E-state index in [1.54, 1.807) is 4.90 Å². The fourth-order valence-electron chi connectivity index (χ4n) is 2.86. The van der Waals surface area contributed by atoms with E-state index >= 15 is 0 Å². The first-order valence-electron chi connectivity index (χ1n) is 6.59. The second kappa shape index (κ2) is 5.05. The van der Waals surface area contributed by atoms with Crippen LogP contribution in [-0.4, -0.2) is 35.5 Å². The minimum absolute atomic E-state index is 0.0589. The van der Waals surface area contributed by atoms with Gasteiger partial charge < -0.3 is 10.2 Å². The summed E-state index contributed by atoms with van der Waals surface area (Å²) in [7, 11) is 0. The number of rotatable bonds is 2. The lowest BCUT2D eigenvalue weighted by Gasteiger charge is -2.24. The van der Waals surface area contributed by atoms with Gasteiger partial charge in [-0.05, 0) is 31.6 Å². The molecule has 0 aromatic carbocycles. The van der Waals surface area contributed by atoms with Gasteiger partial charge in [0.2, 0.25) is 5.91 Å². The van der Waals surface area contributed by atoms with Crippen molar-refractivity contribution in [1.29, 1.82) is 5.26 Å². The van der Waals surface area contributed by atoms with E-state index in [0.29, 0.717) is 12.0 Å². The Morgan fingerprint density at radius 2 is 2.18 bits per heavy atom. The molecule has 94 valence electrons. The largest absolute Gasteiger partial charge is 0.325 e. The van der Waals surface area contributed by atoms with Gasteiger partial charge in [-0.3, -0.25) is 4.79 Å². The minimum atomic E-state index is -0.192. The minimum Gasteiger partial charge on any atom is -0.325 e. The summed E-state index contributed by atoms with van der Waals surface area (Å²) in [5.41, 5.74) is 0. The van der Waals surface area contributed by atoms with E-state index in [0.717, 1.165) is 32.2 Å². The van der Waals surface area contributed by atoms with E-state index in [1.807, 2.05) is 0 Å². The molecule has 0 aliphatic carbocycles. The molecule has 0 unspecified atom stereocenters. The molecule has 4 nitrogen and oxygen atoms in total. The van der Waals surface area contributed by atoms with Crippen LogP contribution < -0.4 is 5.32 Å². The van der Waals surface area contributed by atoms with Gasteiger partial charge in [-0.1, -0.05) is 13.8 Å². The summed E-state index contributed by atoms with van der Waals surface area (Å²) < 4.78 is 0. The van der Waals surface area contributed by atoms with E-state index < -0.39 is 0 Å². The van der Waals surface area contributed by atoms with Gasteiger partial charge in [0.1, 0.15) is 6.04 Å². The predicted molar refractivity (Wildman–Crippen MR) is 65.1 cm³/mol. The Balaban J connectivity index is 1.95. The van der Waals surface area contributed by atoms with Gasteiger partial charge in [0, 0.05) is 12.6 Å². The predicted octanol–water partition coefficient (Wildman–Crippen LogP) is 1.28. The van der Waals surface area contributed by atoms with E-state index in [-0.39, 0.29) is 18.0 Å². The van der Waals surface area contributed by atoms with Crippen LogP contribution in [0.2, 0.25) is 0 Å². The Morgan fingerprint density at radius 3 is 2.76 bits per heavy atom. The first-order valence-corrected chi connectivity index (χ1v) is 6.59. The molecule has 2 fully saturated rings. The van der Waals surface area contributed by atoms with Crippen LogP contribution in [0.1, 0.15) is 39.5 Å². The van der Waals surface area contributed by atoms with E-state index in [4.69, 9.17) is 5.26 Å². The summed E-state index contributed by atoms with van der Waals surface area (Å²) in [4.78, 5) is 14.1. The van der Waals surface area contributed by atoms with Gasteiger partial charge in [-0.25, -0.2) is 0 Å². The zero-order valence-corrected chi connectivity index (χ0v) is 10.6. The lowest BCUT2D eigenvalue weighted by atomic mass is 10.0.